The Hall–Kier alpha value is -1.77. The van der Waals surface area contributed by atoms with Gasteiger partial charge in [-0.1, -0.05) is 18.6 Å². The number of nitrogens with two attached hydrogens (primary N) is 1. The van der Waals surface area contributed by atoms with Crippen LogP contribution in [-0.2, 0) is 21.2 Å². The van der Waals surface area contributed by atoms with E-state index in [4.69, 9.17) is 5.73 Å². The van der Waals surface area contributed by atoms with Crippen LogP contribution in [0, 0.1) is 0 Å². The van der Waals surface area contributed by atoms with Crippen molar-refractivity contribution in [2.75, 3.05) is 13.1 Å². The Bertz CT molecular complexity index is 823. The first-order valence-corrected chi connectivity index (χ1v) is 10.1. The van der Waals surface area contributed by atoms with Crippen LogP contribution in [0.4, 0.5) is 0 Å². The molecule has 0 bridgehead atoms. The molecule has 0 saturated carbocycles. The van der Waals surface area contributed by atoms with E-state index in [0.717, 1.165) is 30.5 Å². The van der Waals surface area contributed by atoms with Crippen LogP contribution in [-0.4, -0.2) is 36.7 Å². The molecule has 0 spiro atoms. The lowest BCUT2D eigenvalue weighted by atomic mass is 10.2. The molecule has 24 heavy (non-hydrogen) atoms. The van der Waals surface area contributed by atoms with Crippen molar-refractivity contribution in [1.82, 2.24) is 9.29 Å². The predicted octanol–water partition coefficient (Wildman–Crippen LogP) is 2.01. The van der Waals surface area contributed by atoms with Crippen molar-refractivity contribution in [3.63, 3.8) is 0 Å². The molecular weight excluding hydrogens is 346 g/mol. The van der Waals surface area contributed by atoms with Crippen molar-refractivity contribution < 1.29 is 13.2 Å². The minimum atomic E-state index is -3.42. The fourth-order valence-corrected chi connectivity index (χ4v) is 5.06. The van der Waals surface area contributed by atoms with E-state index in [1.54, 1.807) is 28.6 Å². The molecule has 1 fully saturated rings. The second kappa shape index (κ2) is 7.00. The fourth-order valence-electron chi connectivity index (χ4n) is 2.73. The summed E-state index contributed by atoms with van der Waals surface area (Å²) in [6.45, 7) is 1.18. The van der Waals surface area contributed by atoms with Crippen molar-refractivity contribution in [3.05, 3.63) is 34.7 Å². The normalized spacial score (nSPS) is 16.2. The third-order valence-corrected chi connectivity index (χ3v) is 6.74. The molecule has 0 radical (unpaired) electrons. The Balaban J connectivity index is 1.80. The lowest BCUT2D eigenvalue weighted by Gasteiger charge is -2.25. The zero-order valence-electron chi connectivity index (χ0n) is 13.1. The quantitative estimate of drug-likeness (QED) is 0.877. The topological polar surface area (TPSA) is 93.4 Å². The lowest BCUT2D eigenvalue weighted by Crippen LogP contribution is -2.35. The second-order valence-corrected chi connectivity index (χ2v) is 8.64. The molecule has 1 aliphatic rings. The van der Waals surface area contributed by atoms with Gasteiger partial charge in [0.25, 0.3) is 0 Å². The first kappa shape index (κ1) is 17.1. The molecule has 8 heteroatoms. The van der Waals surface area contributed by atoms with Crippen molar-refractivity contribution in [2.24, 2.45) is 5.73 Å². The summed E-state index contributed by atoms with van der Waals surface area (Å²) in [4.78, 5) is 15.6. The van der Waals surface area contributed by atoms with Crippen molar-refractivity contribution >= 4 is 27.3 Å². The van der Waals surface area contributed by atoms with Gasteiger partial charge < -0.3 is 5.73 Å². The smallest absolute Gasteiger partial charge is 0.243 e. The molecule has 2 N–H and O–H groups in total. The molecule has 6 nitrogen and oxygen atoms in total. The minimum absolute atomic E-state index is 0.117. The van der Waals surface area contributed by atoms with Gasteiger partial charge in [-0.25, -0.2) is 13.4 Å². The highest BCUT2D eigenvalue weighted by molar-refractivity contribution is 7.89. The summed E-state index contributed by atoms with van der Waals surface area (Å²) in [7, 11) is -3.42. The van der Waals surface area contributed by atoms with E-state index >= 15 is 0 Å². The number of carbonyl (C=O) groups is 1. The van der Waals surface area contributed by atoms with Gasteiger partial charge in [-0.15, -0.1) is 11.3 Å². The van der Waals surface area contributed by atoms with E-state index in [9.17, 15) is 13.2 Å². The average molecular weight is 365 g/mol. The van der Waals surface area contributed by atoms with Gasteiger partial charge in [0.1, 0.15) is 5.01 Å². The number of hydrogen-bond donors (Lipinski definition) is 1. The van der Waals surface area contributed by atoms with E-state index in [1.807, 2.05) is 5.38 Å². The Kier molecular flexibility index (Phi) is 4.98. The Labute approximate surface area is 145 Å². The largest absolute Gasteiger partial charge is 0.369 e. The summed E-state index contributed by atoms with van der Waals surface area (Å²) in [6, 6.07) is 6.73. The van der Waals surface area contributed by atoms with Crippen LogP contribution in [0.15, 0.2) is 34.5 Å². The van der Waals surface area contributed by atoms with Gasteiger partial charge in [0.05, 0.1) is 17.0 Å². The molecule has 1 amide bonds. The summed E-state index contributed by atoms with van der Waals surface area (Å²) in [5, 5.41) is 2.49. The number of sulfonamides is 1. The van der Waals surface area contributed by atoms with Crippen LogP contribution in [0.3, 0.4) is 0 Å². The molecule has 2 aromatic rings. The highest BCUT2D eigenvalue weighted by Gasteiger charge is 2.25. The van der Waals surface area contributed by atoms with Gasteiger partial charge in [-0.05, 0) is 25.0 Å². The molecular formula is C16H19N3O3S2. The minimum Gasteiger partial charge on any atom is -0.369 e. The molecule has 1 aromatic heterocycles. The van der Waals surface area contributed by atoms with Gasteiger partial charge in [0.15, 0.2) is 0 Å². The van der Waals surface area contributed by atoms with Gasteiger partial charge in [0, 0.05) is 24.0 Å². The van der Waals surface area contributed by atoms with Gasteiger partial charge in [-0.3, -0.25) is 4.79 Å². The van der Waals surface area contributed by atoms with Crippen LogP contribution in [0.1, 0.15) is 24.3 Å². The number of hydrogen-bond acceptors (Lipinski definition) is 5. The number of nitrogens with zero attached hydrogens (tertiary/aromatic N) is 2. The molecule has 2 heterocycles. The van der Waals surface area contributed by atoms with Crippen molar-refractivity contribution in [3.8, 4) is 11.3 Å². The maximum absolute atomic E-state index is 12.6. The van der Waals surface area contributed by atoms with Gasteiger partial charge >= 0.3 is 0 Å². The first-order chi connectivity index (χ1) is 11.5. The number of aromatic nitrogens is 1. The van der Waals surface area contributed by atoms with Gasteiger partial charge in [-0.2, -0.15) is 4.31 Å². The van der Waals surface area contributed by atoms with Crippen LogP contribution >= 0.6 is 11.3 Å². The molecule has 0 unspecified atom stereocenters. The summed E-state index contributed by atoms with van der Waals surface area (Å²) >= 11 is 1.37. The molecule has 128 valence electrons. The molecule has 3 rings (SSSR count). The van der Waals surface area contributed by atoms with Crippen molar-refractivity contribution in [1.29, 1.82) is 0 Å². The monoisotopic (exact) mass is 365 g/mol. The highest BCUT2D eigenvalue weighted by atomic mass is 32.2. The second-order valence-electron chi connectivity index (χ2n) is 5.76. The van der Waals surface area contributed by atoms with E-state index in [-0.39, 0.29) is 6.42 Å². The first-order valence-electron chi connectivity index (χ1n) is 7.80. The number of primary amides is 1. The summed E-state index contributed by atoms with van der Waals surface area (Å²) < 4.78 is 26.8. The number of rotatable bonds is 5. The molecule has 1 aliphatic heterocycles. The van der Waals surface area contributed by atoms with Crippen LogP contribution in [0.5, 0.6) is 0 Å². The summed E-state index contributed by atoms with van der Waals surface area (Å²) in [6.07, 6.45) is 3.03. The van der Waals surface area contributed by atoms with E-state index in [2.05, 4.69) is 4.98 Å². The predicted molar refractivity (Wildman–Crippen MR) is 93.1 cm³/mol. The SMILES string of the molecule is NC(=O)Cc1nc(-c2ccc(S(=O)(=O)N3CCCCC3)cc2)cs1. The van der Waals surface area contributed by atoms with Crippen molar-refractivity contribution in [2.45, 2.75) is 30.6 Å². The number of carbonyl (C=O) groups excluding carboxylic acids is 1. The highest BCUT2D eigenvalue weighted by Crippen LogP contribution is 2.26. The molecule has 0 aliphatic carbocycles. The number of thiazole rings is 1. The number of benzene rings is 1. The third kappa shape index (κ3) is 3.66. The number of amides is 1. The maximum Gasteiger partial charge on any atom is 0.243 e. The summed E-state index contributed by atoms with van der Waals surface area (Å²) in [5.74, 6) is -0.418. The zero-order valence-corrected chi connectivity index (χ0v) is 14.8. The molecule has 0 atom stereocenters. The fraction of sp³-hybridized carbons (Fsp3) is 0.375. The average Bonchev–Trinajstić information content (AvgIpc) is 3.03. The van der Waals surface area contributed by atoms with E-state index in [0.29, 0.717) is 23.0 Å². The maximum atomic E-state index is 12.6. The standard InChI is InChI=1S/C16H19N3O3S2/c17-15(20)10-16-18-14(11-23-16)12-4-6-13(7-5-12)24(21,22)19-8-2-1-3-9-19/h4-7,11H,1-3,8-10H2,(H2,17,20). The van der Waals surface area contributed by atoms with E-state index in [1.165, 1.54) is 11.3 Å². The van der Waals surface area contributed by atoms with Crippen LogP contribution in [0.25, 0.3) is 11.3 Å². The number of piperidine rings is 1. The lowest BCUT2D eigenvalue weighted by molar-refractivity contribution is -0.117. The molecule has 1 aromatic carbocycles. The van der Waals surface area contributed by atoms with Gasteiger partial charge in [0.2, 0.25) is 15.9 Å². The molecule has 1 saturated heterocycles. The third-order valence-electron chi connectivity index (χ3n) is 3.98. The van der Waals surface area contributed by atoms with E-state index < -0.39 is 15.9 Å². The van der Waals surface area contributed by atoms with Crippen LogP contribution < -0.4 is 5.73 Å². The Morgan fingerprint density at radius 1 is 1.17 bits per heavy atom. The van der Waals surface area contributed by atoms with Crippen LogP contribution in [0.2, 0.25) is 0 Å². The summed E-state index contributed by atoms with van der Waals surface area (Å²) in [5.41, 5.74) is 6.71. The Morgan fingerprint density at radius 2 is 1.83 bits per heavy atom. The Morgan fingerprint density at radius 3 is 2.46 bits per heavy atom. The zero-order chi connectivity index (χ0) is 17.2.